The number of rotatable bonds is 5. The molecule has 3 aliphatic carbocycles. The maximum Gasteiger partial charge on any atom is 0.243 e. The highest BCUT2D eigenvalue weighted by Gasteiger charge is 2.42. The summed E-state index contributed by atoms with van der Waals surface area (Å²) in [6.45, 7) is 3.02. The molecule has 1 aliphatic heterocycles. The van der Waals surface area contributed by atoms with E-state index in [1.165, 1.54) is 36.8 Å². The Morgan fingerprint density at radius 3 is 2.53 bits per heavy atom. The van der Waals surface area contributed by atoms with Crippen LogP contribution in [0.5, 0.6) is 0 Å². The fourth-order valence-corrected chi connectivity index (χ4v) is 8.09. The van der Waals surface area contributed by atoms with E-state index >= 15 is 0 Å². The second kappa shape index (κ2) is 7.94. The molecule has 3 fully saturated rings. The van der Waals surface area contributed by atoms with Gasteiger partial charge in [0, 0.05) is 25.0 Å². The van der Waals surface area contributed by atoms with Crippen LogP contribution in [-0.4, -0.2) is 37.8 Å². The van der Waals surface area contributed by atoms with Crippen molar-refractivity contribution in [2.75, 3.05) is 13.1 Å². The molecule has 0 radical (unpaired) electrons. The Morgan fingerprint density at radius 2 is 1.83 bits per heavy atom. The van der Waals surface area contributed by atoms with Crippen LogP contribution in [0.1, 0.15) is 63.0 Å². The molecule has 2 bridgehead atoms. The van der Waals surface area contributed by atoms with Crippen molar-refractivity contribution in [2.24, 2.45) is 23.7 Å². The van der Waals surface area contributed by atoms with Gasteiger partial charge < -0.3 is 5.32 Å². The third-order valence-corrected chi connectivity index (χ3v) is 10.2. The zero-order valence-electron chi connectivity index (χ0n) is 18.0. The molecule has 1 amide bonds. The molecule has 4 atom stereocenters. The Labute approximate surface area is 180 Å². The highest BCUT2D eigenvalue weighted by atomic mass is 32.2. The number of carbonyl (C=O) groups is 1. The van der Waals surface area contributed by atoms with Crippen LogP contribution in [-0.2, 0) is 27.7 Å². The number of sulfonamides is 1. The Hall–Kier alpha value is -1.40. The number of hydrogen-bond donors (Lipinski definition) is 1. The van der Waals surface area contributed by atoms with Gasteiger partial charge in [-0.05, 0) is 99.3 Å². The molecule has 5 rings (SSSR count). The summed E-state index contributed by atoms with van der Waals surface area (Å²) in [6.07, 6.45) is 9.68. The number of amides is 1. The zero-order valence-corrected chi connectivity index (χ0v) is 18.8. The molecule has 0 unspecified atom stereocenters. The summed E-state index contributed by atoms with van der Waals surface area (Å²) in [6, 6.07) is 5.84. The van der Waals surface area contributed by atoms with E-state index < -0.39 is 10.0 Å². The number of aryl methyl sites for hydroxylation is 2. The maximum atomic E-state index is 13.1. The van der Waals surface area contributed by atoms with Crippen LogP contribution in [0.4, 0.5) is 0 Å². The summed E-state index contributed by atoms with van der Waals surface area (Å²) >= 11 is 0. The topological polar surface area (TPSA) is 66.5 Å². The average molecular weight is 431 g/mol. The lowest BCUT2D eigenvalue weighted by atomic mass is 9.83. The van der Waals surface area contributed by atoms with Crippen LogP contribution < -0.4 is 5.32 Å². The van der Waals surface area contributed by atoms with Gasteiger partial charge in [-0.25, -0.2) is 8.42 Å². The van der Waals surface area contributed by atoms with Crippen molar-refractivity contribution in [3.05, 3.63) is 29.3 Å². The lowest BCUT2D eigenvalue weighted by Gasteiger charge is -2.33. The molecule has 2 saturated carbocycles. The lowest BCUT2D eigenvalue weighted by Crippen LogP contribution is -2.47. The molecule has 0 spiro atoms. The normalized spacial score (nSPS) is 30.4. The number of benzene rings is 1. The minimum absolute atomic E-state index is 0.0717. The fourth-order valence-electron chi connectivity index (χ4n) is 6.57. The van der Waals surface area contributed by atoms with Gasteiger partial charge >= 0.3 is 0 Å². The maximum absolute atomic E-state index is 13.1. The smallest absolute Gasteiger partial charge is 0.243 e. The van der Waals surface area contributed by atoms with Gasteiger partial charge in [0.05, 0.1) is 4.90 Å². The van der Waals surface area contributed by atoms with Crippen LogP contribution in [0.3, 0.4) is 0 Å². The van der Waals surface area contributed by atoms with E-state index in [-0.39, 0.29) is 17.9 Å². The molecule has 6 heteroatoms. The largest absolute Gasteiger partial charge is 0.353 e. The third kappa shape index (κ3) is 3.70. The first kappa shape index (κ1) is 20.5. The highest BCUT2D eigenvalue weighted by molar-refractivity contribution is 7.89. The summed E-state index contributed by atoms with van der Waals surface area (Å²) in [5.41, 5.74) is 2.47. The second-order valence-electron chi connectivity index (χ2n) is 10.1. The zero-order chi connectivity index (χ0) is 20.9. The molecule has 4 aliphatic rings. The molecule has 1 aromatic rings. The number of hydrogen-bond acceptors (Lipinski definition) is 3. The first-order chi connectivity index (χ1) is 14.4. The van der Waals surface area contributed by atoms with Crippen LogP contribution >= 0.6 is 0 Å². The summed E-state index contributed by atoms with van der Waals surface area (Å²) in [5, 5.41) is 3.28. The van der Waals surface area contributed by atoms with Crippen molar-refractivity contribution in [3.63, 3.8) is 0 Å². The first-order valence-electron chi connectivity index (χ1n) is 11.8. The number of nitrogens with zero attached hydrogens (tertiary/aromatic N) is 1. The van der Waals surface area contributed by atoms with Crippen LogP contribution in [0.15, 0.2) is 23.1 Å². The van der Waals surface area contributed by atoms with Crippen LogP contribution in [0.25, 0.3) is 0 Å². The number of fused-ring (bicyclic) bond motifs is 3. The van der Waals surface area contributed by atoms with E-state index in [0.29, 0.717) is 36.7 Å². The summed E-state index contributed by atoms with van der Waals surface area (Å²) in [7, 11) is -3.47. The molecule has 1 N–H and O–H groups in total. The van der Waals surface area contributed by atoms with Crippen molar-refractivity contribution < 1.29 is 13.2 Å². The van der Waals surface area contributed by atoms with E-state index in [2.05, 4.69) is 12.2 Å². The van der Waals surface area contributed by atoms with Crippen molar-refractivity contribution in [1.29, 1.82) is 0 Å². The monoisotopic (exact) mass is 430 g/mol. The number of nitrogens with one attached hydrogen (secondary N) is 1. The Kier molecular flexibility index (Phi) is 5.42. The first-order valence-corrected chi connectivity index (χ1v) is 13.3. The molecule has 1 aromatic carbocycles. The van der Waals surface area contributed by atoms with Crippen LogP contribution in [0.2, 0.25) is 0 Å². The number of carbonyl (C=O) groups excluding carboxylic acids is 1. The molecule has 1 saturated heterocycles. The van der Waals surface area contributed by atoms with E-state index in [1.807, 2.05) is 12.1 Å². The van der Waals surface area contributed by atoms with Crippen LogP contribution in [0, 0.1) is 23.7 Å². The summed E-state index contributed by atoms with van der Waals surface area (Å²) in [5.74, 6) is 2.36. The molecular weight excluding hydrogens is 396 g/mol. The van der Waals surface area contributed by atoms with Crippen molar-refractivity contribution >= 4 is 15.9 Å². The average Bonchev–Trinajstić information content (AvgIpc) is 3.50. The lowest BCUT2D eigenvalue weighted by molar-refractivity contribution is -0.127. The SMILES string of the molecule is C[C@H](NC(=O)C1CCN(S(=O)(=O)c2ccc3c(c2)CCC3)CC1)[C@H]1C[C@H]2CC[C@H]1C2. The van der Waals surface area contributed by atoms with Gasteiger partial charge in [0.15, 0.2) is 0 Å². The summed E-state index contributed by atoms with van der Waals surface area (Å²) < 4.78 is 27.8. The summed E-state index contributed by atoms with van der Waals surface area (Å²) in [4.78, 5) is 13.3. The highest BCUT2D eigenvalue weighted by Crippen LogP contribution is 2.49. The van der Waals surface area contributed by atoms with Crippen molar-refractivity contribution in [2.45, 2.75) is 75.6 Å². The van der Waals surface area contributed by atoms with Crippen molar-refractivity contribution in [1.82, 2.24) is 9.62 Å². The molecular formula is C24H34N2O3S. The Bertz CT molecular complexity index is 920. The third-order valence-electron chi connectivity index (χ3n) is 8.34. The molecule has 5 nitrogen and oxygen atoms in total. The molecule has 30 heavy (non-hydrogen) atoms. The van der Waals surface area contributed by atoms with Gasteiger partial charge in [0.2, 0.25) is 15.9 Å². The van der Waals surface area contributed by atoms with Gasteiger partial charge in [-0.1, -0.05) is 12.5 Å². The quantitative estimate of drug-likeness (QED) is 0.777. The fraction of sp³-hybridized carbons (Fsp3) is 0.708. The Morgan fingerprint density at radius 1 is 1.07 bits per heavy atom. The molecule has 164 valence electrons. The van der Waals surface area contributed by atoms with Gasteiger partial charge in [-0.15, -0.1) is 0 Å². The van der Waals surface area contributed by atoms with Gasteiger partial charge in [0.1, 0.15) is 0 Å². The van der Waals surface area contributed by atoms with E-state index in [9.17, 15) is 13.2 Å². The predicted molar refractivity (Wildman–Crippen MR) is 116 cm³/mol. The van der Waals surface area contributed by atoms with Gasteiger partial charge in [-0.3, -0.25) is 4.79 Å². The van der Waals surface area contributed by atoms with E-state index in [0.717, 1.165) is 31.1 Å². The van der Waals surface area contributed by atoms with E-state index in [4.69, 9.17) is 0 Å². The minimum atomic E-state index is -3.47. The predicted octanol–water partition coefficient (Wildman–Crippen LogP) is 3.52. The molecule has 0 aromatic heterocycles. The second-order valence-corrected chi connectivity index (χ2v) is 12.0. The standard InChI is InChI=1S/C24H34N2O3S/c1-16(23-14-17-5-6-21(23)13-17)25-24(27)19-9-11-26(12-10-19)30(28,29)22-8-7-18-3-2-4-20(18)15-22/h7-8,15-17,19,21,23H,2-6,9-14H2,1H3,(H,25,27)/t16-,17-,21-,23+/m0/s1. The van der Waals surface area contributed by atoms with Crippen molar-refractivity contribution in [3.8, 4) is 0 Å². The molecule has 1 heterocycles. The minimum Gasteiger partial charge on any atom is -0.353 e. The van der Waals surface area contributed by atoms with Gasteiger partial charge in [0.25, 0.3) is 0 Å². The van der Waals surface area contributed by atoms with E-state index in [1.54, 1.807) is 10.4 Å². The van der Waals surface area contributed by atoms with Gasteiger partial charge in [-0.2, -0.15) is 4.31 Å². The Balaban J connectivity index is 1.17. The number of piperidine rings is 1.